The number of methoxy groups -OCH3 is 1. The number of likely N-dealkylation sites (tertiary alicyclic amines) is 1. The molecule has 7 nitrogen and oxygen atoms in total. The third-order valence-electron chi connectivity index (χ3n) is 6.68. The van der Waals surface area contributed by atoms with Gasteiger partial charge in [-0.1, -0.05) is 17.7 Å². The van der Waals surface area contributed by atoms with E-state index < -0.39 is 6.03 Å². The number of nitrogens with one attached hydrogen (secondary N) is 3. The molecular weight excluding hydrogens is 416 g/mol. The number of urea groups is 1. The predicted octanol–water partition coefficient (Wildman–Crippen LogP) is 4.71. The topological polar surface area (TPSA) is 86.5 Å². The molecule has 1 aromatic heterocycles. The fourth-order valence-electron chi connectivity index (χ4n) is 4.67. The Morgan fingerprint density at radius 2 is 1.88 bits per heavy atom. The van der Waals surface area contributed by atoms with Gasteiger partial charge in [-0.15, -0.1) is 0 Å². The number of carbonyl (C=O) groups excluding carboxylic acids is 2. The molecular formula is C26H32N4O3. The van der Waals surface area contributed by atoms with Gasteiger partial charge in [0.2, 0.25) is 5.91 Å². The van der Waals surface area contributed by atoms with Crippen LogP contribution in [0.25, 0.3) is 10.9 Å². The first-order valence-corrected chi connectivity index (χ1v) is 11.4. The second-order valence-corrected chi connectivity index (χ2v) is 8.90. The number of rotatable bonds is 5. The molecule has 1 saturated heterocycles. The standard InChI is InChI=1S/C26H32N4O3/c1-16-5-7-23(17(2)13-16)28-26(32)29-25(31)18(3)30-11-9-19(10-12-30)22-15-27-24-8-6-20(33-4)14-21(22)24/h5-8,13-15,18-19,27H,9-12H2,1-4H3,(H2,28,29,31,32). The van der Waals surface area contributed by atoms with E-state index >= 15 is 0 Å². The minimum Gasteiger partial charge on any atom is -0.497 e. The van der Waals surface area contributed by atoms with E-state index in [2.05, 4.69) is 32.8 Å². The van der Waals surface area contributed by atoms with Crippen molar-refractivity contribution >= 4 is 28.5 Å². The fraction of sp³-hybridized carbons (Fsp3) is 0.385. The highest BCUT2D eigenvalue weighted by atomic mass is 16.5. The number of benzene rings is 2. The van der Waals surface area contributed by atoms with Crippen LogP contribution in [0.4, 0.5) is 10.5 Å². The van der Waals surface area contributed by atoms with E-state index in [4.69, 9.17) is 4.74 Å². The van der Waals surface area contributed by atoms with Crippen LogP contribution in [-0.4, -0.2) is 48.1 Å². The van der Waals surface area contributed by atoms with Gasteiger partial charge in [0.05, 0.1) is 13.2 Å². The summed E-state index contributed by atoms with van der Waals surface area (Å²) in [6.45, 7) is 7.39. The van der Waals surface area contributed by atoms with Gasteiger partial charge in [-0.3, -0.25) is 15.0 Å². The Kier molecular flexibility index (Phi) is 6.70. The van der Waals surface area contributed by atoms with E-state index in [1.165, 1.54) is 10.9 Å². The molecule has 1 aliphatic heterocycles. The number of imide groups is 1. The predicted molar refractivity (Wildman–Crippen MR) is 131 cm³/mol. The second kappa shape index (κ2) is 9.67. The number of fused-ring (bicyclic) bond motifs is 1. The van der Waals surface area contributed by atoms with E-state index in [1.54, 1.807) is 7.11 Å². The Morgan fingerprint density at radius 3 is 2.58 bits per heavy atom. The number of ether oxygens (including phenoxy) is 1. The number of hydrogen-bond acceptors (Lipinski definition) is 4. The van der Waals surface area contributed by atoms with Gasteiger partial charge in [-0.25, -0.2) is 4.79 Å². The summed E-state index contributed by atoms with van der Waals surface area (Å²) in [7, 11) is 1.68. The molecule has 174 valence electrons. The molecule has 1 atom stereocenters. The van der Waals surface area contributed by atoms with Crippen molar-refractivity contribution in [1.29, 1.82) is 0 Å². The van der Waals surface area contributed by atoms with Crippen LogP contribution >= 0.6 is 0 Å². The molecule has 2 aromatic carbocycles. The van der Waals surface area contributed by atoms with Crippen LogP contribution in [0.2, 0.25) is 0 Å². The number of aromatic amines is 1. The van der Waals surface area contributed by atoms with Crippen molar-refractivity contribution in [2.24, 2.45) is 0 Å². The molecule has 3 N–H and O–H groups in total. The first-order chi connectivity index (χ1) is 15.9. The lowest BCUT2D eigenvalue weighted by atomic mass is 9.88. The number of hydrogen-bond donors (Lipinski definition) is 3. The van der Waals surface area contributed by atoms with Gasteiger partial charge in [-0.2, -0.15) is 0 Å². The van der Waals surface area contributed by atoms with Crippen LogP contribution in [0.5, 0.6) is 5.75 Å². The molecule has 1 fully saturated rings. The molecule has 3 amide bonds. The minimum atomic E-state index is -0.499. The van der Waals surface area contributed by atoms with Crippen molar-refractivity contribution in [1.82, 2.24) is 15.2 Å². The average Bonchev–Trinajstić information content (AvgIpc) is 3.23. The fourth-order valence-corrected chi connectivity index (χ4v) is 4.67. The molecule has 0 bridgehead atoms. The van der Waals surface area contributed by atoms with Crippen LogP contribution in [-0.2, 0) is 4.79 Å². The van der Waals surface area contributed by atoms with Crippen molar-refractivity contribution in [3.63, 3.8) is 0 Å². The molecule has 4 rings (SSSR count). The summed E-state index contributed by atoms with van der Waals surface area (Å²) in [6, 6.07) is 11.0. The highest BCUT2D eigenvalue weighted by molar-refractivity contribution is 6.03. The molecule has 0 saturated carbocycles. The summed E-state index contributed by atoms with van der Waals surface area (Å²) in [5.74, 6) is 0.989. The number of amides is 3. The lowest BCUT2D eigenvalue weighted by molar-refractivity contribution is -0.125. The van der Waals surface area contributed by atoms with Gasteiger partial charge in [-0.05, 0) is 88.0 Å². The average molecular weight is 449 g/mol. The van der Waals surface area contributed by atoms with Crippen molar-refractivity contribution in [3.05, 3.63) is 59.3 Å². The third-order valence-corrected chi connectivity index (χ3v) is 6.68. The molecule has 0 radical (unpaired) electrons. The zero-order chi connectivity index (χ0) is 23.5. The van der Waals surface area contributed by atoms with E-state index in [1.807, 2.05) is 51.1 Å². The maximum Gasteiger partial charge on any atom is 0.325 e. The molecule has 2 heterocycles. The normalized spacial score (nSPS) is 15.9. The van der Waals surface area contributed by atoms with Crippen molar-refractivity contribution in [3.8, 4) is 5.75 Å². The smallest absolute Gasteiger partial charge is 0.325 e. The van der Waals surface area contributed by atoms with Gasteiger partial charge < -0.3 is 15.0 Å². The zero-order valence-corrected chi connectivity index (χ0v) is 19.7. The van der Waals surface area contributed by atoms with Gasteiger partial charge in [0, 0.05) is 22.8 Å². The Morgan fingerprint density at radius 1 is 1.12 bits per heavy atom. The lowest BCUT2D eigenvalue weighted by Crippen LogP contribution is -2.50. The number of piperidine rings is 1. The van der Waals surface area contributed by atoms with E-state index in [-0.39, 0.29) is 11.9 Å². The summed E-state index contributed by atoms with van der Waals surface area (Å²) in [4.78, 5) is 30.6. The van der Waals surface area contributed by atoms with Crippen molar-refractivity contribution in [2.75, 3.05) is 25.5 Å². The van der Waals surface area contributed by atoms with Crippen LogP contribution in [0.15, 0.2) is 42.6 Å². The van der Waals surface area contributed by atoms with Crippen LogP contribution in [0.1, 0.15) is 42.4 Å². The van der Waals surface area contributed by atoms with E-state index in [9.17, 15) is 9.59 Å². The number of nitrogens with zero attached hydrogens (tertiary/aromatic N) is 1. The Balaban J connectivity index is 1.33. The zero-order valence-electron chi connectivity index (χ0n) is 19.7. The number of carbonyl (C=O) groups is 2. The number of aromatic nitrogens is 1. The maximum atomic E-state index is 12.7. The van der Waals surface area contributed by atoms with Gasteiger partial charge in [0.1, 0.15) is 5.75 Å². The van der Waals surface area contributed by atoms with Crippen molar-refractivity contribution < 1.29 is 14.3 Å². The van der Waals surface area contributed by atoms with Crippen LogP contribution in [0.3, 0.4) is 0 Å². The summed E-state index contributed by atoms with van der Waals surface area (Å²) in [5, 5.41) is 6.46. The summed E-state index contributed by atoms with van der Waals surface area (Å²) in [6.07, 6.45) is 4.01. The number of anilines is 1. The lowest BCUT2D eigenvalue weighted by Gasteiger charge is -2.35. The molecule has 0 spiro atoms. The minimum absolute atomic E-state index is 0.285. The first kappa shape index (κ1) is 22.9. The Labute approximate surface area is 194 Å². The van der Waals surface area contributed by atoms with Crippen molar-refractivity contribution in [2.45, 2.75) is 45.6 Å². The molecule has 0 aliphatic carbocycles. The van der Waals surface area contributed by atoms with Gasteiger partial charge in [0.15, 0.2) is 0 Å². The summed E-state index contributed by atoms with van der Waals surface area (Å²) >= 11 is 0. The monoisotopic (exact) mass is 448 g/mol. The molecule has 1 aliphatic rings. The summed E-state index contributed by atoms with van der Waals surface area (Å²) < 4.78 is 5.39. The molecule has 1 unspecified atom stereocenters. The molecule has 7 heteroatoms. The third kappa shape index (κ3) is 5.03. The highest BCUT2D eigenvalue weighted by Gasteiger charge is 2.29. The maximum absolute atomic E-state index is 12.7. The van der Waals surface area contributed by atoms with E-state index in [0.717, 1.165) is 48.3 Å². The molecule has 3 aromatic rings. The quantitative estimate of drug-likeness (QED) is 0.528. The number of H-pyrrole nitrogens is 1. The Hall–Kier alpha value is -3.32. The summed E-state index contributed by atoms with van der Waals surface area (Å²) in [5.41, 5.74) is 5.19. The first-order valence-electron chi connectivity index (χ1n) is 11.4. The number of aryl methyl sites for hydroxylation is 2. The second-order valence-electron chi connectivity index (χ2n) is 8.90. The highest BCUT2D eigenvalue weighted by Crippen LogP contribution is 2.35. The van der Waals surface area contributed by atoms with Gasteiger partial charge >= 0.3 is 6.03 Å². The Bertz CT molecular complexity index is 1160. The van der Waals surface area contributed by atoms with Crippen LogP contribution < -0.4 is 15.4 Å². The van der Waals surface area contributed by atoms with Gasteiger partial charge in [0.25, 0.3) is 0 Å². The largest absolute Gasteiger partial charge is 0.497 e. The van der Waals surface area contributed by atoms with Crippen LogP contribution in [0, 0.1) is 13.8 Å². The molecule has 33 heavy (non-hydrogen) atoms. The SMILES string of the molecule is COc1ccc2[nH]cc(C3CCN(C(C)C(=O)NC(=O)Nc4ccc(C)cc4C)CC3)c2c1. The van der Waals surface area contributed by atoms with E-state index in [0.29, 0.717) is 11.6 Å².